The molecular weight excluding hydrogens is 240 g/mol. The zero-order valence-corrected chi connectivity index (χ0v) is 11.2. The van der Waals surface area contributed by atoms with E-state index in [9.17, 15) is 4.79 Å². The molecule has 0 radical (unpaired) electrons. The molecule has 2 aromatic rings. The minimum Gasteiger partial charge on any atom is -0.381 e. The highest BCUT2D eigenvalue weighted by Gasteiger charge is 2.09. The molecule has 2 rings (SSSR count). The number of nitrogens with one attached hydrogen (secondary N) is 2. The lowest BCUT2D eigenvalue weighted by Gasteiger charge is -2.06. The number of H-pyrrole nitrogens is 1. The summed E-state index contributed by atoms with van der Waals surface area (Å²) in [5.74, 6) is -0.0384. The number of carbonyl (C=O) groups is 1. The van der Waals surface area contributed by atoms with Gasteiger partial charge >= 0.3 is 0 Å². The molecule has 0 aliphatic carbocycles. The lowest BCUT2D eigenvalue weighted by atomic mass is 10.1. The largest absolute Gasteiger partial charge is 0.381 e. The van der Waals surface area contributed by atoms with Crippen molar-refractivity contribution < 1.29 is 9.53 Å². The molecule has 0 fully saturated rings. The molecule has 4 nitrogen and oxygen atoms in total. The number of para-hydroxylation sites is 1. The first-order chi connectivity index (χ1) is 9.33. The van der Waals surface area contributed by atoms with Crippen LogP contribution in [0, 0.1) is 0 Å². The molecule has 0 aliphatic heterocycles. The monoisotopic (exact) mass is 260 g/mol. The highest BCUT2D eigenvalue weighted by atomic mass is 16.5. The Hall–Kier alpha value is -1.81. The molecule has 0 aliphatic rings. The molecule has 0 unspecified atom stereocenters. The number of aromatic nitrogens is 1. The molecule has 0 saturated heterocycles. The van der Waals surface area contributed by atoms with Gasteiger partial charge in [0.15, 0.2) is 0 Å². The minimum atomic E-state index is -0.0384. The van der Waals surface area contributed by atoms with Gasteiger partial charge in [-0.3, -0.25) is 4.79 Å². The third-order valence-electron chi connectivity index (χ3n) is 2.93. The molecule has 0 atom stereocenters. The molecule has 0 bridgehead atoms. The predicted molar refractivity (Wildman–Crippen MR) is 76.4 cm³/mol. The lowest BCUT2D eigenvalue weighted by Crippen LogP contribution is -2.25. The number of ether oxygens (including phenoxy) is 1. The zero-order chi connectivity index (χ0) is 13.5. The van der Waals surface area contributed by atoms with Gasteiger partial charge in [0.25, 0.3) is 5.91 Å². The van der Waals surface area contributed by atoms with Gasteiger partial charge in [0.2, 0.25) is 0 Å². The summed E-state index contributed by atoms with van der Waals surface area (Å²) >= 11 is 0. The molecule has 1 aromatic carbocycles. The van der Waals surface area contributed by atoms with Crippen LogP contribution >= 0.6 is 0 Å². The Labute approximate surface area is 113 Å². The van der Waals surface area contributed by atoms with E-state index < -0.39 is 0 Å². The Morgan fingerprint density at radius 3 is 3.05 bits per heavy atom. The van der Waals surface area contributed by atoms with Gasteiger partial charge in [-0.05, 0) is 25.0 Å². The fourth-order valence-corrected chi connectivity index (χ4v) is 1.99. The van der Waals surface area contributed by atoms with Gasteiger partial charge in [-0.15, -0.1) is 0 Å². The third-order valence-corrected chi connectivity index (χ3v) is 2.93. The topological polar surface area (TPSA) is 54.1 Å². The molecule has 4 heteroatoms. The number of fused-ring (bicyclic) bond motifs is 1. The van der Waals surface area contributed by atoms with E-state index >= 15 is 0 Å². The number of rotatable bonds is 7. The number of benzene rings is 1. The molecule has 1 aromatic heterocycles. The number of hydrogen-bond acceptors (Lipinski definition) is 2. The number of carbonyl (C=O) groups excluding carboxylic acids is 1. The van der Waals surface area contributed by atoms with Crippen molar-refractivity contribution in [3.8, 4) is 0 Å². The van der Waals surface area contributed by atoms with E-state index in [1.807, 2.05) is 30.5 Å². The average molecular weight is 260 g/mol. The number of amides is 1. The first-order valence-electron chi connectivity index (χ1n) is 6.75. The van der Waals surface area contributed by atoms with Crippen LogP contribution in [0.25, 0.3) is 10.9 Å². The second-order valence-corrected chi connectivity index (χ2v) is 4.47. The molecule has 0 saturated carbocycles. The Bertz CT molecular complexity index is 534. The van der Waals surface area contributed by atoms with Crippen molar-refractivity contribution in [1.29, 1.82) is 0 Å². The fraction of sp³-hybridized carbons (Fsp3) is 0.400. The van der Waals surface area contributed by atoms with Gasteiger partial charge in [-0.1, -0.05) is 19.1 Å². The summed E-state index contributed by atoms with van der Waals surface area (Å²) in [5, 5.41) is 3.97. The van der Waals surface area contributed by atoms with Crippen LogP contribution in [-0.4, -0.2) is 30.6 Å². The summed E-state index contributed by atoms with van der Waals surface area (Å²) in [5.41, 5.74) is 1.58. The van der Waals surface area contributed by atoms with Gasteiger partial charge in [-0.2, -0.15) is 0 Å². The number of aromatic amines is 1. The summed E-state index contributed by atoms with van der Waals surface area (Å²) < 4.78 is 5.37. The molecule has 1 amide bonds. The van der Waals surface area contributed by atoms with Crippen molar-refractivity contribution in [3.63, 3.8) is 0 Å². The van der Waals surface area contributed by atoms with Crippen LogP contribution < -0.4 is 5.32 Å². The highest BCUT2D eigenvalue weighted by Crippen LogP contribution is 2.16. The Morgan fingerprint density at radius 1 is 1.32 bits per heavy atom. The van der Waals surface area contributed by atoms with Crippen molar-refractivity contribution >= 4 is 16.8 Å². The molecule has 19 heavy (non-hydrogen) atoms. The van der Waals surface area contributed by atoms with Gasteiger partial charge < -0.3 is 15.0 Å². The van der Waals surface area contributed by atoms with Crippen molar-refractivity contribution in [2.45, 2.75) is 19.8 Å². The molecule has 2 N–H and O–H groups in total. The van der Waals surface area contributed by atoms with Gasteiger partial charge in [0.05, 0.1) is 11.1 Å². The van der Waals surface area contributed by atoms with Crippen molar-refractivity contribution in [2.24, 2.45) is 0 Å². The summed E-state index contributed by atoms with van der Waals surface area (Å²) in [4.78, 5) is 15.2. The van der Waals surface area contributed by atoms with E-state index in [0.717, 1.165) is 30.4 Å². The van der Waals surface area contributed by atoms with Gasteiger partial charge in [-0.25, -0.2) is 0 Å². The molecular formula is C15H20N2O2. The van der Waals surface area contributed by atoms with E-state index in [4.69, 9.17) is 4.74 Å². The second kappa shape index (κ2) is 6.95. The molecule has 0 spiro atoms. The maximum Gasteiger partial charge on any atom is 0.253 e. The minimum absolute atomic E-state index is 0.0384. The molecule has 1 heterocycles. The van der Waals surface area contributed by atoms with E-state index in [1.54, 1.807) is 0 Å². The summed E-state index contributed by atoms with van der Waals surface area (Å²) in [6.07, 6.45) is 3.72. The maximum absolute atomic E-state index is 12.1. The van der Waals surface area contributed by atoms with E-state index in [1.165, 1.54) is 0 Å². The first-order valence-corrected chi connectivity index (χ1v) is 6.75. The zero-order valence-electron chi connectivity index (χ0n) is 11.2. The van der Waals surface area contributed by atoms with Crippen molar-refractivity contribution in [1.82, 2.24) is 10.3 Å². The Kier molecular flexibility index (Phi) is 4.98. The van der Waals surface area contributed by atoms with E-state index in [-0.39, 0.29) is 5.91 Å². The number of hydrogen-bond donors (Lipinski definition) is 2. The van der Waals surface area contributed by atoms with Crippen LogP contribution in [0.1, 0.15) is 30.1 Å². The normalized spacial score (nSPS) is 10.8. The Balaban J connectivity index is 1.85. The first kappa shape index (κ1) is 13.6. The summed E-state index contributed by atoms with van der Waals surface area (Å²) in [6.45, 7) is 4.20. The fourth-order valence-electron chi connectivity index (χ4n) is 1.99. The van der Waals surface area contributed by atoms with Crippen LogP contribution in [-0.2, 0) is 4.74 Å². The van der Waals surface area contributed by atoms with Crippen LogP contribution in [0.5, 0.6) is 0 Å². The molecule has 102 valence electrons. The maximum atomic E-state index is 12.1. The Morgan fingerprint density at radius 2 is 2.21 bits per heavy atom. The van der Waals surface area contributed by atoms with E-state index in [2.05, 4.69) is 17.2 Å². The van der Waals surface area contributed by atoms with Crippen LogP contribution in [0.3, 0.4) is 0 Å². The third kappa shape index (κ3) is 3.58. The van der Waals surface area contributed by atoms with Crippen LogP contribution in [0.4, 0.5) is 0 Å². The highest BCUT2D eigenvalue weighted by molar-refractivity contribution is 6.05. The second-order valence-electron chi connectivity index (χ2n) is 4.47. The smallest absolute Gasteiger partial charge is 0.253 e. The lowest BCUT2D eigenvalue weighted by molar-refractivity contribution is 0.0943. The predicted octanol–water partition coefficient (Wildman–Crippen LogP) is 2.71. The quantitative estimate of drug-likeness (QED) is 0.752. The van der Waals surface area contributed by atoms with Gasteiger partial charge in [0, 0.05) is 31.3 Å². The SMILES string of the molecule is CCCOCCCNC(=O)c1cccc2cc[nH]c12. The summed E-state index contributed by atoms with van der Waals surface area (Å²) in [7, 11) is 0. The van der Waals surface area contributed by atoms with Crippen molar-refractivity contribution in [2.75, 3.05) is 19.8 Å². The van der Waals surface area contributed by atoms with Crippen LogP contribution in [0.15, 0.2) is 30.5 Å². The van der Waals surface area contributed by atoms with Crippen LogP contribution in [0.2, 0.25) is 0 Å². The average Bonchev–Trinajstić information content (AvgIpc) is 2.90. The van der Waals surface area contributed by atoms with E-state index in [0.29, 0.717) is 18.7 Å². The standard InChI is InChI=1S/C15H20N2O2/c1-2-10-19-11-4-8-17-15(18)13-6-3-5-12-7-9-16-14(12)13/h3,5-7,9,16H,2,4,8,10-11H2,1H3,(H,17,18). The van der Waals surface area contributed by atoms with Gasteiger partial charge in [0.1, 0.15) is 0 Å². The summed E-state index contributed by atoms with van der Waals surface area (Å²) in [6, 6.07) is 7.68. The van der Waals surface area contributed by atoms with Crippen molar-refractivity contribution in [3.05, 3.63) is 36.0 Å².